The second-order valence-corrected chi connectivity index (χ2v) is 10.7. The first-order valence-electron chi connectivity index (χ1n) is 12.8. The van der Waals surface area contributed by atoms with Crippen LogP contribution in [0.2, 0.25) is 0 Å². The smallest absolute Gasteiger partial charge is 0.369 e. The Morgan fingerprint density at radius 1 is 0.974 bits per heavy atom. The van der Waals surface area contributed by atoms with E-state index in [4.69, 9.17) is 0 Å². The van der Waals surface area contributed by atoms with E-state index in [-0.39, 0.29) is 11.8 Å². The SMILES string of the molecule is CN1CCN(c2ccc(-c3n[nH]c4cc([C@@H]5CC56C(=O)Nc5ccc(C(F)(F)F)cc56)ccc34)cc2)CC1. The first-order chi connectivity index (χ1) is 18.2. The zero-order valence-corrected chi connectivity index (χ0v) is 20.8. The molecule has 2 N–H and O–H groups in total. The van der Waals surface area contributed by atoms with Crippen molar-refractivity contribution in [2.75, 3.05) is 43.4 Å². The summed E-state index contributed by atoms with van der Waals surface area (Å²) in [6.07, 6.45) is -3.98. The van der Waals surface area contributed by atoms with Crippen molar-refractivity contribution in [2.24, 2.45) is 0 Å². The number of nitrogens with one attached hydrogen (secondary N) is 2. The van der Waals surface area contributed by atoms with E-state index in [0.717, 1.165) is 66.0 Å². The molecule has 1 spiro atoms. The highest BCUT2D eigenvalue weighted by molar-refractivity contribution is 6.10. The van der Waals surface area contributed by atoms with Crippen molar-refractivity contribution < 1.29 is 18.0 Å². The van der Waals surface area contributed by atoms with Crippen molar-refractivity contribution in [1.29, 1.82) is 0 Å². The zero-order chi connectivity index (χ0) is 26.2. The molecule has 1 aromatic heterocycles. The van der Waals surface area contributed by atoms with Gasteiger partial charge in [-0.3, -0.25) is 9.89 Å². The molecule has 0 radical (unpaired) electrons. The lowest BCUT2D eigenvalue weighted by Crippen LogP contribution is -2.44. The van der Waals surface area contributed by atoms with Gasteiger partial charge in [-0.05, 0) is 61.0 Å². The summed E-state index contributed by atoms with van der Waals surface area (Å²) >= 11 is 0. The highest BCUT2D eigenvalue weighted by Gasteiger charge is 2.65. The number of hydrogen-bond donors (Lipinski definition) is 2. The maximum Gasteiger partial charge on any atom is 0.416 e. The van der Waals surface area contributed by atoms with Crippen LogP contribution in [-0.4, -0.2) is 54.2 Å². The van der Waals surface area contributed by atoms with E-state index in [0.29, 0.717) is 17.7 Å². The van der Waals surface area contributed by atoms with E-state index in [9.17, 15) is 18.0 Å². The third kappa shape index (κ3) is 3.52. The van der Waals surface area contributed by atoms with Gasteiger partial charge in [0.1, 0.15) is 0 Å². The molecular formula is C29H26F3N5O. The highest BCUT2D eigenvalue weighted by atomic mass is 19.4. The van der Waals surface area contributed by atoms with Crippen LogP contribution < -0.4 is 10.2 Å². The first kappa shape index (κ1) is 23.3. The number of amides is 1. The molecule has 6 nitrogen and oxygen atoms in total. The van der Waals surface area contributed by atoms with Crippen molar-refractivity contribution in [1.82, 2.24) is 15.1 Å². The molecule has 1 saturated carbocycles. The second kappa shape index (κ2) is 8.07. The van der Waals surface area contributed by atoms with Crippen molar-refractivity contribution in [3.05, 3.63) is 77.4 Å². The summed E-state index contributed by atoms with van der Waals surface area (Å²) in [6.45, 7) is 4.11. The molecule has 0 bridgehead atoms. The fourth-order valence-electron chi connectivity index (χ4n) is 6.14. The maximum absolute atomic E-state index is 13.4. The molecule has 3 heterocycles. The summed E-state index contributed by atoms with van der Waals surface area (Å²) in [5.41, 5.74) is 4.03. The number of carbonyl (C=O) groups excluding carboxylic acids is 1. The van der Waals surface area contributed by atoms with Crippen molar-refractivity contribution in [3.8, 4) is 11.3 Å². The second-order valence-electron chi connectivity index (χ2n) is 10.7. The van der Waals surface area contributed by atoms with Crippen LogP contribution in [-0.2, 0) is 16.4 Å². The molecule has 3 aliphatic rings. The molecule has 38 heavy (non-hydrogen) atoms. The lowest BCUT2D eigenvalue weighted by Gasteiger charge is -2.34. The number of alkyl halides is 3. The van der Waals surface area contributed by atoms with Crippen LogP contribution in [0, 0.1) is 0 Å². The van der Waals surface area contributed by atoms with Crippen molar-refractivity contribution in [2.45, 2.75) is 23.9 Å². The minimum absolute atomic E-state index is 0.189. The molecule has 3 aromatic carbocycles. The Hall–Kier alpha value is -3.85. The lowest BCUT2D eigenvalue weighted by molar-refractivity contribution is -0.137. The quantitative estimate of drug-likeness (QED) is 0.383. The fourth-order valence-corrected chi connectivity index (χ4v) is 6.14. The number of fused-ring (bicyclic) bond motifs is 3. The molecule has 7 rings (SSSR count). The van der Waals surface area contributed by atoms with Gasteiger partial charge in [0.25, 0.3) is 0 Å². The average molecular weight is 518 g/mol. The molecule has 194 valence electrons. The van der Waals surface area contributed by atoms with E-state index in [1.807, 2.05) is 18.2 Å². The number of H-pyrrole nitrogens is 1. The van der Waals surface area contributed by atoms with Crippen molar-refractivity contribution >= 4 is 28.2 Å². The van der Waals surface area contributed by atoms with Crippen LogP contribution in [0.5, 0.6) is 0 Å². The van der Waals surface area contributed by atoms with E-state index in [1.54, 1.807) is 0 Å². The van der Waals surface area contributed by atoms with E-state index >= 15 is 0 Å². The predicted molar refractivity (Wildman–Crippen MR) is 140 cm³/mol. The zero-order valence-electron chi connectivity index (χ0n) is 20.8. The summed E-state index contributed by atoms with van der Waals surface area (Å²) < 4.78 is 40.1. The number of rotatable bonds is 3. The number of halogens is 3. The van der Waals surface area contributed by atoms with Gasteiger partial charge in [0.2, 0.25) is 5.91 Å². The standard InChI is InChI=1S/C29H26F3N5O/c1-36-10-12-37(13-11-36)20-6-2-17(3-7-20)26-21-8-4-18(14-25(21)34-35-26)23-16-28(23)22-15-19(29(30,31)32)5-9-24(22)33-27(28)38/h2-9,14-15,23H,10-13,16H2,1H3,(H,33,38)(H,34,35)/t23-,28?/m0/s1. The number of aromatic nitrogens is 2. The van der Waals surface area contributed by atoms with Crippen molar-refractivity contribution in [3.63, 3.8) is 0 Å². The molecule has 9 heteroatoms. The highest BCUT2D eigenvalue weighted by Crippen LogP contribution is 2.65. The van der Waals surface area contributed by atoms with Gasteiger partial charge >= 0.3 is 6.18 Å². The molecule has 2 fully saturated rings. The average Bonchev–Trinajstić information content (AvgIpc) is 3.43. The van der Waals surface area contributed by atoms with E-state index < -0.39 is 17.2 Å². The molecule has 1 unspecified atom stereocenters. The minimum atomic E-state index is -4.46. The van der Waals surface area contributed by atoms with Gasteiger partial charge in [-0.15, -0.1) is 0 Å². The maximum atomic E-state index is 13.4. The number of nitrogens with zero attached hydrogens (tertiary/aromatic N) is 3. The predicted octanol–water partition coefficient (Wildman–Crippen LogP) is 5.38. The number of carbonyl (C=O) groups is 1. The lowest BCUT2D eigenvalue weighted by atomic mass is 9.90. The van der Waals surface area contributed by atoms with Gasteiger partial charge in [-0.1, -0.05) is 24.3 Å². The molecule has 4 aromatic rings. The van der Waals surface area contributed by atoms with Crippen LogP contribution in [0.15, 0.2) is 60.7 Å². The topological polar surface area (TPSA) is 64.3 Å². The van der Waals surface area contributed by atoms with Gasteiger partial charge in [0.15, 0.2) is 0 Å². The Balaban J connectivity index is 1.16. The fraction of sp³-hybridized carbons (Fsp3) is 0.310. The number of benzene rings is 3. The van der Waals surface area contributed by atoms with Crippen LogP contribution in [0.25, 0.3) is 22.2 Å². The van der Waals surface area contributed by atoms with Crippen LogP contribution >= 0.6 is 0 Å². The Bertz CT molecular complexity index is 1570. The van der Waals surface area contributed by atoms with Gasteiger partial charge in [0, 0.05) is 54.4 Å². The Labute approximate surface area is 217 Å². The number of piperazine rings is 1. The van der Waals surface area contributed by atoms with Crippen LogP contribution in [0.1, 0.15) is 29.0 Å². The van der Waals surface area contributed by atoms with Gasteiger partial charge in [-0.2, -0.15) is 18.3 Å². The number of hydrogen-bond acceptors (Lipinski definition) is 4. The van der Waals surface area contributed by atoms with E-state index in [2.05, 4.69) is 56.6 Å². The summed E-state index contributed by atoms with van der Waals surface area (Å²) in [6, 6.07) is 17.9. The molecule has 2 aliphatic heterocycles. The number of aromatic amines is 1. The van der Waals surface area contributed by atoms with Gasteiger partial charge in [0.05, 0.1) is 22.2 Å². The largest absolute Gasteiger partial charge is 0.416 e. The summed E-state index contributed by atoms with van der Waals surface area (Å²) in [7, 11) is 2.14. The van der Waals surface area contributed by atoms with Gasteiger partial charge in [-0.25, -0.2) is 0 Å². The monoisotopic (exact) mass is 517 g/mol. The summed E-state index contributed by atoms with van der Waals surface area (Å²) in [5, 5.41) is 11.4. The summed E-state index contributed by atoms with van der Waals surface area (Å²) in [4.78, 5) is 17.7. The third-order valence-electron chi connectivity index (χ3n) is 8.44. The molecule has 2 atom stereocenters. The minimum Gasteiger partial charge on any atom is -0.369 e. The summed E-state index contributed by atoms with van der Waals surface area (Å²) in [5.74, 6) is -0.422. The van der Waals surface area contributed by atoms with Crippen LogP contribution in [0.3, 0.4) is 0 Å². The third-order valence-corrected chi connectivity index (χ3v) is 8.44. The van der Waals surface area contributed by atoms with E-state index in [1.165, 1.54) is 11.8 Å². The molecular weight excluding hydrogens is 491 g/mol. The number of likely N-dealkylation sites (N-methyl/N-ethyl adjacent to an activating group) is 1. The number of anilines is 2. The van der Waals surface area contributed by atoms with Gasteiger partial charge < -0.3 is 15.1 Å². The molecule has 1 amide bonds. The van der Waals surface area contributed by atoms with Crippen LogP contribution in [0.4, 0.5) is 24.5 Å². The Morgan fingerprint density at radius 3 is 2.47 bits per heavy atom. The molecule has 1 saturated heterocycles. The first-order valence-corrected chi connectivity index (χ1v) is 12.8. The Morgan fingerprint density at radius 2 is 1.74 bits per heavy atom. The Kier molecular flexibility index (Phi) is 4.95. The normalized spacial score (nSPS) is 23.2. The molecule has 1 aliphatic carbocycles.